The zero-order valence-corrected chi connectivity index (χ0v) is 31.5. The molecule has 0 atom stereocenters. The first-order valence-electron chi connectivity index (χ1n) is 19.6. The van der Waals surface area contributed by atoms with Crippen molar-refractivity contribution in [1.82, 2.24) is 9.97 Å². The van der Waals surface area contributed by atoms with E-state index in [1.165, 1.54) is 16.5 Å². The van der Waals surface area contributed by atoms with Crippen molar-refractivity contribution < 1.29 is 4.42 Å². The first kappa shape index (κ1) is 33.5. The highest BCUT2D eigenvalue weighted by molar-refractivity contribution is 6.14. The summed E-state index contributed by atoms with van der Waals surface area (Å²) in [5.41, 5.74) is 13.1. The van der Waals surface area contributed by atoms with Gasteiger partial charge in [-0.2, -0.15) is 0 Å². The molecule has 11 rings (SSSR count). The van der Waals surface area contributed by atoms with Gasteiger partial charge in [0.05, 0.1) is 11.2 Å². The minimum absolute atomic E-state index is 0.662. The van der Waals surface area contributed by atoms with Crippen LogP contribution in [-0.2, 0) is 0 Å². The molecule has 0 aliphatic rings. The molecule has 0 saturated heterocycles. The number of hydrogen-bond donors (Lipinski definition) is 0. The van der Waals surface area contributed by atoms with Crippen LogP contribution in [0.4, 0.5) is 17.1 Å². The molecule has 0 bridgehead atoms. The molecule has 0 amide bonds. The Kier molecular flexibility index (Phi) is 8.11. The largest absolute Gasteiger partial charge is 0.455 e. The molecule has 0 saturated carbocycles. The normalized spacial score (nSPS) is 11.4. The SMILES string of the molecule is c1ccc(-c2ccc(-c3nc(-c4cc(-c5ccc(N(c6ccccc6)c6ccccc6)cc5)c5oc6cc7ccccc7cc6c5c4)nc4ccccc34)cc2)cc1. The second kappa shape index (κ2) is 14.0. The third kappa shape index (κ3) is 5.96. The van der Waals surface area contributed by atoms with E-state index in [9.17, 15) is 0 Å². The van der Waals surface area contributed by atoms with Crippen molar-refractivity contribution >= 4 is 60.7 Å². The maximum absolute atomic E-state index is 6.81. The van der Waals surface area contributed by atoms with Crippen molar-refractivity contribution in [2.45, 2.75) is 0 Å². The first-order chi connectivity index (χ1) is 28.7. The number of benzene rings is 9. The van der Waals surface area contributed by atoms with Crippen LogP contribution in [0.15, 0.2) is 217 Å². The summed E-state index contributed by atoms with van der Waals surface area (Å²) >= 11 is 0. The minimum atomic E-state index is 0.662. The van der Waals surface area contributed by atoms with Crippen molar-refractivity contribution in [1.29, 1.82) is 0 Å². The average Bonchev–Trinajstić information content (AvgIpc) is 3.66. The molecular formula is C54H35N3O. The molecule has 4 heteroatoms. The lowest BCUT2D eigenvalue weighted by Crippen LogP contribution is -2.09. The highest BCUT2D eigenvalue weighted by atomic mass is 16.3. The molecule has 4 nitrogen and oxygen atoms in total. The molecule has 0 spiro atoms. The van der Waals surface area contributed by atoms with Crippen molar-refractivity contribution in [2.24, 2.45) is 0 Å². The number of anilines is 3. The van der Waals surface area contributed by atoms with Crippen molar-refractivity contribution in [3.63, 3.8) is 0 Å². The molecule has 11 aromatic rings. The molecule has 0 aliphatic heterocycles. The van der Waals surface area contributed by atoms with E-state index in [4.69, 9.17) is 14.4 Å². The molecule has 0 unspecified atom stereocenters. The van der Waals surface area contributed by atoms with E-state index >= 15 is 0 Å². The van der Waals surface area contributed by atoms with Crippen molar-refractivity contribution in [3.05, 3.63) is 212 Å². The predicted octanol–water partition coefficient (Wildman–Crippen LogP) is 14.8. The van der Waals surface area contributed by atoms with Crippen molar-refractivity contribution in [3.8, 4) is 44.9 Å². The lowest BCUT2D eigenvalue weighted by molar-refractivity contribution is 0.670. The number of aromatic nitrogens is 2. The van der Waals surface area contributed by atoms with E-state index in [-0.39, 0.29) is 0 Å². The predicted molar refractivity (Wildman–Crippen MR) is 241 cm³/mol. The van der Waals surface area contributed by atoms with Crippen LogP contribution in [-0.4, -0.2) is 9.97 Å². The van der Waals surface area contributed by atoms with Gasteiger partial charge in [0.1, 0.15) is 11.2 Å². The van der Waals surface area contributed by atoms with Crippen LogP contribution in [0.5, 0.6) is 0 Å². The van der Waals surface area contributed by atoms with Gasteiger partial charge >= 0.3 is 0 Å². The Labute approximate surface area is 335 Å². The molecule has 58 heavy (non-hydrogen) atoms. The molecule has 0 N–H and O–H groups in total. The smallest absolute Gasteiger partial charge is 0.160 e. The Morgan fingerprint density at radius 1 is 0.362 bits per heavy atom. The van der Waals surface area contributed by atoms with Crippen LogP contribution in [0.1, 0.15) is 0 Å². The molecule has 2 heterocycles. The van der Waals surface area contributed by atoms with E-state index in [2.05, 4.69) is 193 Å². The third-order valence-electron chi connectivity index (χ3n) is 11.0. The standard InChI is InChI=1S/C54H35N3O/c1-4-14-36(15-5-1)37-24-26-39(27-25-37)52-46-22-12-13-23-50(46)55-54(56-52)42-33-47(53-49(34-42)48-32-40-16-10-11-17-41(40)35-51(48)58-53)38-28-30-45(31-29-38)57(43-18-6-2-7-19-43)44-20-8-3-9-21-44/h1-35H. The molecule has 272 valence electrons. The summed E-state index contributed by atoms with van der Waals surface area (Å²) in [5.74, 6) is 0.662. The van der Waals surface area contributed by atoms with Gasteiger partial charge in [-0.15, -0.1) is 0 Å². The van der Waals surface area contributed by atoms with Gasteiger partial charge in [0.15, 0.2) is 5.82 Å². The zero-order valence-electron chi connectivity index (χ0n) is 31.5. The summed E-state index contributed by atoms with van der Waals surface area (Å²) in [6, 6.07) is 74.4. The molecule has 0 radical (unpaired) electrons. The lowest BCUT2D eigenvalue weighted by Gasteiger charge is -2.25. The highest BCUT2D eigenvalue weighted by Gasteiger charge is 2.20. The van der Waals surface area contributed by atoms with Gasteiger partial charge in [0, 0.05) is 49.9 Å². The Bertz CT molecular complexity index is 3210. The summed E-state index contributed by atoms with van der Waals surface area (Å²) < 4.78 is 6.81. The molecule has 2 aromatic heterocycles. The topological polar surface area (TPSA) is 42.2 Å². The summed E-state index contributed by atoms with van der Waals surface area (Å²) in [6.45, 7) is 0. The fourth-order valence-corrected chi connectivity index (χ4v) is 8.17. The van der Waals surface area contributed by atoms with E-state index < -0.39 is 0 Å². The fourth-order valence-electron chi connectivity index (χ4n) is 8.17. The van der Waals surface area contributed by atoms with Gasteiger partial charge in [0.2, 0.25) is 0 Å². The minimum Gasteiger partial charge on any atom is -0.455 e. The van der Waals surface area contributed by atoms with Crippen LogP contribution < -0.4 is 4.90 Å². The Morgan fingerprint density at radius 2 is 0.914 bits per heavy atom. The van der Waals surface area contributed by atoms with Gasteiger partial charge in [-0.3, -0.25) is 0 Å². The second-order valence-corrected chi connectivity index (χ2v) is 14.6. The van der Waals surface area contributed by atoms with Gasteiger partial charge < -0.3 is 9.32 Å². The van der Waals surface area contributed by atoms with Crippen LogP contribution in [0.25, 0.3) is 88.5 Å². The second-order valence-electron chi connectivity index (χ2n) is 14.6. The number of furan rings is 1. The average molecular weight is 742 g/mol. The maximum Gasteiger partial charge on any atom is 0.160 e. The van der Waals surface area contributed by atoms with E-state index in [1.807, 2.05) is 24.3 Å². The summed E-state index contributed by atoms with van der Waals surface area (Å²) in [7, 11) is 0. The van der Waals surface area contributed by atoms with E-state index in [1.54, 1.807) is 0 Å². The Morgan fingerprint density at radius 3 is 1.62 bits per heavy atom. The van der Waals surface area contributed by atoms with Crippen LogP contribution in [0.2, 0.25) is 0 Å². The highest BCUT2D eigenvalue weighted by Crippen LogP contribution is 2.42. The molecule has 0 fully saturated rings. The fraction of sp³-hybridized carbons (Fsp3) is 0. The maximum atomic E-state index is 6.81. The van der Waals surface area contributed by atoms with Gasteiger partial charge in [-0.1, -0.05) is 146 Å². The van der Waals surface area contributed by atoms with E-state index in [0.717, 1.165) is 83.2 Å². The number of rotatable bonds is 7. The van der Waals surface area contributed by atoms with Crippen LogP contribution >= 0.6 is 0 Å². The zero-order chi connectivity index (χ0) is 38.4. The van der Waals surface area contributed by atoms with Crippen molar-refractivity contribution in [2.75, 3.05) is 4.90 Å². The number of hydrogen-bond acceptors (Lipinski definition) is 4. The monoisotopic (exact) mass is 741 g/mol. The van der Waals surface area contributed by atoms with Crippen LogP contribution in [0.3, 0.4) is 0 Å². The molecule has 0 aliphatic carbocycles. The number of nitrogens with zero attached hydrogens (tertiary/aromatic N) is 3. The van der Waals surface area contributed by atoms with Gasteiger partial charge in [-0.05, 0) is 94.2 Å². The van der Waals surface area contributed by atoms with E-state index in [0.29, 0.717) is 5.82 Å². The molecule has 9 aromatic carbocycles. The lowest BCUT2D eigenvalue weighted by atomic mass is 9.97. The van der Waals surface area contributed by atoms with Crippen LogP contribution in [0, 0.1) is 0 Å². The first-order valence-corrected chi connectivity index (χ1v) is 19.6. The summed E-state index contributed by atoms with van der Waals surface area (Å²) in [6.07, 6.45) is 0. The Balaban J connectivity index is 1.09. The number of fused-ring (bicyclic) bond motifs is 5. The quantitative estimate of drug-likeness (QED) is 0.163. The summed E-state index contributed by atoms with van der Waals surface area (Å²) in [4.78, 5) is 12.8. The Hall–Kier alpha value is -7.82. The molecular weight excluding hydrogens is 707 g/mol. The summed E-state index contributed by atoms with van der Waals surface area (Å²) in [5, 5.41) is 5.41. The van der Waals surface area contributed by atoms with Gasteiger partial charge in [0.25, 0.3) is 0 Å². The van der Waals surface area contributed by atoms with Gasteiger partial charge in [-0.25, -0.2) is 9.97 Å². The number of para-hydroxylation sites is 3. The third-order valence-corrected chi connectivity index (χ3v) is 11.0.